The molecule has 6 atom stereocenters. The Morgan fingerprint density at radius 1 is 0.756 bits per heavy atom. The molecule has 0 aliphatic heterocycles. The van der Waals surface area contributed by atoms with Gasteiger partial charge in [0.15, 0.2) is 11.5 Å². The Labute approximate surface area is 244 Å². The van der Waals surface area contributed by atoms with Crippen molar-refractivity contribution in [3.63, 3.8) is 0 Å². The molecule has 0 saturated carbocycles. The van der Waals surface area contributed by atoms with E-state index < -0.39 is 42.3 Å². The van der Waals surface area contributed by atoms with Crippen molar-refractivity contribution < 1.29 is 42.9 Å². The zero-order valence-corrected chi connectivity index (χ0v) is 25.9. The number of carbonyl (C=O) groups excluding carboxylic acids is 4. The monoisotopic (exact) mass is 579 g/mol. The van der Waals surface area contributed by atoms with Gasteiger partial charge < -0.3 is 29.4 Å². The predicted octanol–water partition coefficient (Wildman–Crippen LogP) is 5.76. The third kappa shape index (κ3) is 12.9. The summed E-state index contributed by atoms with van der Waals surface area (Å²) in [5.41, 5.74) is 6.70. The lowest BCUT2D eigenvalue weighted by atomic mass is 10.0. The number of hydrogen-bond donors (Lipinski definition) is 1. The quantitative estimate of drug-likeness (QED) is 0.179. The van der Waals surface area contributed by atoms with Crippen molar-refractivity contribution in [2.75, 3.05) is 6.61 Å². The lowest BCUT2D eigenvalue weighted by molar-refractivity contribution is -0.155. The minimum atomic E-state index is -1.05. The number of esters is 3. The molecule has 10 heteroatoms. The fourth-order valence-electron chi connectivity index (χ4n) is 3.68. The molecule has 10 nitrogen and oxygen atoms in total. The molecule has 3 unspecified atom stereocenters. The molecule has 41 heavy (non-hydrogen) atoms. The van der Waals surface area contributed by atoms with Gasteiger partial charge in [-0.2, -0.15) is 0 Å². The Morgan fingerprint density at radius 3 is 1.83 bits per heavy atom. The Balaban J connectivity index is 2.92. The maximum Gasteiger partial charge on any atom is 0.508 e. The molecule has 232 valence electrons. The number of benzene rings is 1. The molecule has 0 spiro atoms. The van der Waals surface area contributed by atoms with E-state index in [1.807, 2.05) is 27.7 Å². The minimum Gasteiger partial charge on any atom is -0.458 e. The van der Waals surface area contributed by atoms with Crippen molar-refractivity contribution in [2.24, 2.45) is 23.5 Å². The highest BCUT2D eigenvalue weighted by atomic mass is 16.7. The van der Waals surface area contributed by atoms with Crippen LogP contribution < -0.4 is 15.2 Å². The SMILES string of the molecule is CCCC(C)C(=O)Oc1ccc(C[C@H](N)C(=O)O[C@@H](C)[C@H](C)OC(=O)OCC(C)CC)cc1OC(=O)C(C)CCC. The topological polar surface area (TPSA) is 140 Å². The molecule has 1 aromatic rings. The number of nitrogens with two attached hydrogens (primary N) is 1. The number of carbonyl (C=O) groups is 4. The standard InChI is InChI=1S/C31H49NO9/c1-9-12-20(5)28(33)40-26-15-14-24(17-27(26)41-29(34)21(6)13-10-2)16-25(32)30(35)38-22(7)23(8)39-31(36)37-18-19(4)11-3/h14-15,17,19-23,25H,9-13,16,18,32H2,1-8H3/t19?,20?,21?,22-,23-,25-/m0/s1. The number of hydrogen-bond acceptors (Lipinski definition) is 10. The van der Waals surface area contributed by atoms with E-state index in [1.54, 1.807) is 39.8 Å². The van der Waals surface area contributed by atoms with E-state index in [1.165, 1.54) is 6.07 Å². The van der Waals surface area contributed by atoms with E-state index in [0.717, 1.165) is 19.3 Å². The van der Waals surface area contributed by atoms with Crippen LogP contribution in [0.25, 0.3) is 0 Å². The summed E-state index contributed by atoms with van der Waals surface area (Å²) in [5.74, 6) is -1.82. The van der Waals surface area contributed by atoms with Crippen molar-refractivity contribution in [1.82, 2.24) is 0 Å². The third-order valence-corrected chi connectivity index (χ3v) is 6.86. The van der Waals surface area contributed by atoms with Crippen molar-refractivity contribution in [3.8, 4) is 11.5 Å². The van der Waals surface area contributed by atoms with Gasteiger partial charge in [-0.1, -0.05) is 66.9 Å². The summed E-state index contributed by atoms with van der Waals surface area (Å²) in [6, 6.07) is 3.66. The smallest absolute Gasteiger partial charge is 0.458 e. The summed E-state index contributed by atoms with van der Waals surface area (Å²) >= 11 is 0. The first-order valence-corrected chi connectivity index (χ1v) is 14.7. The normalized spacial score (nSPS) is 15.4. The van der Waals surface area contributed by atoms with Crippen LogP contribution >= 0.6 is 0 Å². The van der Waals surface area contributed by atoms with Crippen LogP contribution in [0.5, 0.6) is 11.5 Å². The highest BCUT2D eigenvalue weighted by molar-refractivity contribution is 5.79. The second-order valence-electron chi connectivity index (χ2n) is 10.9. The first-order chi connectivity index (χ1) is 19.3. The van der Waals surface area contributed by atoms with Crippen LogP contribution in [0.2, 0.25) is 0 Å². The summed E-state index contributed by atoms with van der Waals surface area (Å²) in [4.78, 5) is 49.8. The van der Waals surface area contributed by atoms with Crippen LogP contribution in [0, 0.1) is 17.8 Å². The highest BCUT2D eigenvalue weighted by Gasteiger charge is 2.26. The minimum absolute atomic E-state index is 0.0628. The van der Waals surface area contributed by atoms with Gasteiger partial charge in [0, 0.05) is 0 Å². The van der Waals surface area contributed by atoms with E-state index in [2.05, 4.69) is 0 Å². The van der Waals surface area contributed by atoms with Crippen molar-refractivity contribution in [2.45, 2.75) is 112 Å². The average molecular weight is 580 g/mol. The Morgan fingerprint density at radius 2 is 1.29 bits per heavy atom. The third-order valence-electron chi connectivity index (χ3n) is 6.86. The summed E-state index contributed by atoms with van der Waals surface area (Å²) in [6.45, 7) is 14.9. The van der Waals surface area contributed by atoms with Gasteiger partial charge in [0.1, 0.15) is 18.2 Å². The summed E-state index contributed by atoms with van der Waals surface area (Å²) < 4.78 is 26.9. The molecular formula is C31H49NO9. The Bertz CT molecular complexity index is 996. The molecule has 0 radical (unpaired) electrons. The summed E-state index contributed by atoms with van der Waals surface area (Å²) in [6.07, 6.45) is 1.52. The van der Waals surface area contributed by atoms with Gasteiger partial charge >= 0.3 is 24.1 Å². The molecule has 0 aliphatic rings. The van der Waals surface area contributed by atoms with Crippen molar-refractivity contribution >= 4 is 24.1 Å². The van der Waals surface area contributed by atoms with Crippen LogP contribution in [-0.4, -0.2) is 48.9 Å². The zero-order chi connectivity index (χ0) is 31.1. The molecular weight excluding hydrogens is 530 g/mol. The molecule has 0 aromatic heterocycles. The van der Waals surface area contributed by atoms with E-state index >= 15 is 0 Å². The zero-order valence-electron chi connectivity index (χ0n) is 25.9. The Kier molecular flexibility index (Phi) is 16.0. The first kappa shape index (κ1) is 35.9. The van der Waals surface area contributed by atoms with E-state index in [4.69, 9.17) is 29.4 Å². The molecule has 0 amide bonds. The average Bonchev–Trinajstić information content (AvgIpc) is 2.92. The van der Waals surface area contributed by atoms with Crippen LogP contribution in [0.4, 0.5) is 4.79 Å². The maximum atomic E-state index is 12.7. The second kappa shape index (κ2) is 18.3. The van der Waals surface area contributed by atoms with Crippen LogP contribution in [0.15, 0.2) is 18.2 Å². The van der Waals surface area contributed by atoms with Gasteiger partial charge in [0.2, 0.25) is 0 Å². The lowest BCUT2D eigenvalue weighted by Crippen LogP contribution is -2.39. The number of ether oxygens (including phenoxy) is 5. The molecule has 2 N–H and O–H groups in total. The fourth-order valence-corrected chi connectivity index (χ4v) is 3.68. The number of rotatable bonds is 17. The van der Waals surface area contributed by atoms with E-state index in [9.17, 15) is 19.2 Å². The van der Waals surface area contributed by atoms with Gasteiger partial charge in [0.25, 0.3) is 0 Å². The predicted molar refractivity (Wildman–Crippen MR) is 154 cm³/mol. The highest BCUT2D eigenvalue weighted by Crippen LogP contribution is 2.31. The van der Waals surface area contributed by atoms with Gasteiger partial charge in [-0.25, -0.2) is 4.79 Å². The van der Waals surface area contributed by atoms with Gasteiger partial charge in [0.05, 0.1) is 18.4 Å². The van der Waals surface area contributed by atoms with E-state index in [0.29, 0.717) is 18.4 Å². The van der Waals surface area contributed by atoms with Crippen molar-refractivity contribution in [1.29, 1.82) is 0 Å². The second-order valence-corrected chi connectivity index (χ2v) is 10.9. The maximum absolute atomic E-state index is 12.7. The molecule has 0 fully saturated rings. The van der Waals surface area contributed by atoms with Crippen molar-refractivity contribution in [3.05, 3.63) is 23.8 Å². The molecule has 1 rings (SSSR count). The molecule has 1 aromatic carbocycles. The van der Waals surface area contributed by atoms with Gasteiger partial charge in [-0.05, 0) is 56.7 Å². The molecule has 0 aliphatic carbocycles. The molecule has 0 bridgehead atoms. The Hall–Kier alpha value is -3.14. The fraction of sp³-hybridized carbons (Fsp3) is 0.677. The largest absolute Gasteiger partial charge is 0.508 e. The van der Waals surface area contributed by atoms with Crippen LogP contribution in [-0.2, 0) is 35.0 Å². The van der Waals surface area contributed by atoms with E-state index in [-0.39, 0.29) is 42.3 Å². The van der Waals surface area contributed by atoms with Gasteiger partial charge in [-0.15, -0.1) is 0 Å². The first-order valence-electron chi connectivity index (χ1n) is 14.7. The molecule has 0 saturated heterocycles. The van der Waals surface area contributed by atoms with Crippen LogP contribution in [0.3, 0.4) is 0 Å². The van der Waals surface area contributed by atoms with Gasteiger partial charge in [-0.3, -0.25) is 14.4 Å². The summed E-state index contributed by atoms with van der Waals surface area (Å²) in [5, 5.41) is 0. The lowest BCUT2D eigenvalue weighted by Gasteiger charge is -2.22. The van der Waals surface area contributed by atoms with Crippen LogP contribution in [0.1, 0.15) is 93.1 Å². The summed E-state index contributed by atoms with van der Waals surface area (Å²) in [7, 11) is 0. The molecule has 0 heterocycles.